The van der Waals surface area contributed by atoms with Crippen LogP contribution in [0.2, 0.25) is 0 Å². The van der Waals surface area contributed by atoms with Gasteiger partial charge in [0.2, 0.25) is 5.91 Å². The molecule has 2 nitrogen and oxygen atoms in total. The molecular weight excluding hydrogens is 322 g/mol. The van der Waals surface area contributed by atoms with Gasteiger partial charge in [0.1, 0.15) is 0 Å². The van der Waals surface area contributed by atoms with Crippen molar-refractivity contribution in [2.45, 2.75) is 49.8 Å². The van der Waals surface area contributed by atoms with Gasteiger partial charge in [0.25, 0.3) is 0 Å². The second-order valence-electron chi connectivity index (χ2n) is 5.37. The third-order valence-corrected chi connectivity index (χ3v) is 5.48. The SMILES string of the molecule is O=C(CCCc1cccs1)NCC1CCCC(Br)C1. The quantitative estimate of drug-likeness (QED) is 0.772. The Bertz CT molecular complexity index is 380. The Labute approximate surface area is 128 Å². The molecule has 19 heavy (non-hydrogen) atoms. The average molecular weight is 344 g/mol. The summed E-state index contributed by atoms with van der Waals surface area (Å²) in [4.78, 5) is 13.8. The largest absolute Gasteiger partial charge is 0.356 e. The van der Waals surface area contributed by atoms with Crippen LogP contribution in [0.25, 0.3) is 0 Å². The zero-order valence-corrected chi connectivity index (χ0v) is 13.6. The Hall–Kier alpha value is -0.350. The van der Waals surface area contributed by atoms with Gasteiger partial charge in [0, 0.05) is 22.7 Å². The number of aryl methyl sites for hydroxylation is 1. The van der Waals surface area contributed by atoms with Crippen LogP contribution in [0.4, 0.5) is 0 Å². The van der Waals surface area contributed by atoms with Crippen LogP contribution >= 0.6 is 27.3 Å². The van der Waals surface area contributed by atoms with E-state index in [1.54, 1.807) is 11.3 Å². The number of thiophene rings is 1. The van der Waals surface area contributed by atoms with E-state index in [-0.39, 0.29) is 5.91 Å². The molecule has 0 bridgehead atoms. The van der Waals surface area contributed by atoms with E-state index in [1.165, 1.54) is 30.6 Å². The Morgan fingerprint density at radius 2 is 2.37 bits per heavy atom. The van der Waals surface area contributed by atoms with Crippen LogP contribution in [0.3, 0.4) is 0 Å². The zero-order chi connectivity index (χ0) is 13.5. The molecule has 4 heteroatoms. The fourth-order valence-electron chi connectivity index (χ4n) is 2.64. The van der Waals surface area contributed by atoms with Crippen molar-refractivity contribution in [2.24, 2.45) is 5.92 Å². The Balaban J connectivity index is 1.56. The molecule has 1 aromatic rings. The molecule has 0 aliphatic heterocycles. The molecule has 0 saturated heterocycles. The molecule has 0 radical (unpaired) electrons. The van der Waals surface area contributed by atoms with Crippen LogP contribution in [0, 0.1) is 5.92 Å². The maximum atomic E-state index is 11.8. The Kier molecular flexibility index (Phi) is 6.38. The van der Waals surface area contributed by atoms with Gasteiger partial charge in [-0.25, -0.2) is 0 Å². The molecule has 1 N–H and O–H groups in total. The molecule has 106 valence electrons. The van der Waals surface area contributed by atoms with E-state index in [0.29, 0.717) is 17.2 Å². The van der Waals surface area contributed by atoms with Crippen molar-refractivity contribution in [3.8, 4) is 0 Å². The zero-order valence-electron chi connectivity index (χ0n) is 11.2. The lowest BCUT2D eigenvalue weighted by Gasteiger charge is -2.25. The van der Waals surface area contributed by atoms with Crippen molar-refractivity contribution in [1.29, 1.82) is 0 Å². The number of halogens is 1. The maximum Gasteiger partial charge on any atom is 0.220 e. The summed E-state index contributed by atoms with van der Waals surface area (Å²) in [5, 5.41) is 5.19. The summed E-state index contributed by atoms with van der Waals surface area (Å²) in [5.74, 6) is 0.882. The van der Waals surface area contributed by atoms with Crippen molar-refractivity contribution in [1.82, 2.24) is 5.32 Å². The van der Waals surface area contributed by atoms with Crippen molar-refractivity contribution in [3.05, 3.63) is 22.4 Å². The highest BCUT2D eigenvalue weighted by Crippen LogP contribution is 2.28. The summed E-state index contributed by atoms with van der Waals surface area (Å²) in [5.41, 5.74) is 0. The molecule has 2 rings (SSSR count). The van der Waals surface area contributed by atoms with E-state index in [1.807, 2.05) is 0 Å². The average Bonchev–Trinajstić information content (AvgIpc) is 2.90. The second-order valence-corrected chi connectivity index (χ2v) is 7.69. The van der Waals surface area contributed by atoms with Crippen molar-refractivity contribution >= 4 is 33.2 Å². The molecule has 1 aliphatic carbocycles. The summed E-state index contributed by atoms with van der Waals surface area (Å²) in [6.45, 7) is 0.861. The van der Waals surface area contributed by atoms with Crippen molar-refractivity contribution in [2.75, 3.05) is 6.54 Å². The van der Waals surface area contributed by atoms with Crippen molar-refractivity contribution in [3.63, 3.8) is 0 Å². The minimum absolute atomic E-state index is 0.216. The normalized spacial score (nSPS) is 23.2. The van der Waals surface area contributed by atoms with Gasteiger partial charge in [-0.05, 0) is 49.5 Å². The van der Waals surface area contributed by atoms with Gasteiger partial charge >= 0.3 is 0 Å². The molecule has 0 spiro atoms. The minimum Gasteiger partial charge on any atom is -0.356 e. The van der Waals surface area contributed by atoms with Crippen molar-refractivity contribution < 1.29 is 4.79 Å². The number of carbonyl (C=O) groups is 1. The lowest BCUT2D eigenvalue weighted by molar-refractivity contribution is -0.121. The molecule has 1 aromatic heterocycles. The van der Waals surface area contributed by atoms with Gasteiger partial charge in [-0.1, -0.05) is 28.4 Å². The summed E-state index contributed by atoms with van der Waals surface area (Å²) in [6.07, 6.45) is 7.67. The highest BCUT2D eigenvalue weighted by atomic mass is 79.9. The molecule has 1 aliphatic rings. The lowest BCUT2D eigenvalue weighted by atomic mass is 9.89. The van der Waals surface area contributed by atoms with E-state index in [9.17, 15) is 4.79 Å². The number of hydrogen-bond acceptors (Lipinski definition) is 2. The molecule has 0 aromatic carbocycles. The highest BCUT2D eigenvalue weighted by Gasteiger charge is 2.20. The molecule has 1 heterocycles. The van der Waals surface area contributed by atoms with E-state index in [2.05, 4.69) is 38.8 Å². The number of rotatable bonds is 6. The van der Waals surface area contributed by atoms with E-state index >= 15 is 0 Å². The number of amides is 1. The first-order chi connectivity index (χ1) is 9.24. The first kappa shape index (κ1) is 15.0. The first-order valence-electron chi connectivity index (χ1n) is 7.17. The molecule has 1 amide bonds. The van der Waals surface area contributed by atoms with E-state index in [4.69, 9.17) is 0 Å². The van der Waals surface area contributed by atoms with Crippen LogP contribution in [0.1, 0.15) is 43.4 Å². The Morgan fingerprint density at radius 3 is 3.11 bits per heavy atom. The van der Waals surface area contributed by atoms with Crippen LogP contribution in [-0.4, -0.2) is 17.3 Å². The van der Waals surface area contributed by atoms with Gasteiger partial charge in [0.05, 0.1) is 0 Å². The third kappa shape index (κ3) is 5.65. The van der Waals surface area contributed by atoms with Gasteiger partial charge in [-0.3, -0.25) is 4.79 Å². The summed E-state index contributed by atoms with van der Waals surface area (Å²) < 4.78 is 0. The van der Waals surface area contributed by atoms with Gasteiger partial charge in [-0.15, -0.1) is 11.3 Å². The highest BCUT2D eigenvalue weighted by molar-refractivity contribution is 9.09. The monoisotopic (exact) mass is 343 g/mol. The number of alkyl halides is 1. The summed E-state index contributed by atoms with van der Waals surface area (Å²) >= 11 is 5.46. The number of hydrogen-bond donors (Lipinski definition) is 1. The Morgan fingerprint density at radius 1 is 1.47 bits per heavy atom. The standard InChI is InChI=1S/C15H22BrNOS/c16-13-5-1-4-12(10-13)11-17-15(18)8-2-6-14-7-3-9-19-14/h3,7,9,12-13H,1-2,4-6,8,10-11H2,(H,17,18). The summed E-state index contributed by atoms with van der Waals surface area (Å²) in [7, 11) is 0. The molecule has 1 saturated carbocycles. The van der Waals surface area contributed by atoms with Crippen LogP contribution in [0.15, 0.2) is 17.5 Å². The number of nitrogens with one attached hydrogen (secondary N) is 1. The molecule has 2 unspecified atom stereocenters. The third-order valence-electron chi connectivity index (χ3n) is 3.71. The minimum atomic E-state index is 0.216. The maximum absolute atomic E-state index is 11.8. The summed E-state index contributed by atoms with van der Waals surface area (Å²) in [6, 6.07) is 4.21. The molecular formula is C15H22BrNOS. The van der Waals surface area contributed by atoms with Gasteiger partial charge < -0.3 is 5.32 Å². The fraction of sp³-hybridized carbons (Fsp3) is 0.667. The smallest absolute Gasteiger partial charge is 0.220 e. The lowest BCUT2D eigenvalue weighted by Crippen LogP contribution is -2.31. The fourth-order valence-corrected chi connectivity index (χ4v) is 4.24. The van der Waals surface area contributed by atoms with Crippen LogP contribution < -0.4 is 5.32 Å². The van der Waals surface area contributed by atoms with Gasteiger partial charge in [0.15, 0.2) is 0 Å². The van der Waals surface area contributed by atoms with Crippen LogP contribution in [0.5, 0.6) is 0 Å². The molecule has 2 atom stereocenters. The molecule has 1 fully saturated rings. The number of carbonyl (C=O) groups excluding carboxylic acids is 1. The first-order valence-corrected chi connectivity index (χ1v) is 8.96. The second kappa shape index (κ2) is 8.05. The topological polar surface area (TPSA) is 29.1 Å². The predicted octanol–water partition coefficient (Wildman–Crippen LogP) is 4.14. The van der Waals surface area contributed by atoms with Gasteiger partial charge in [-0.2, -0.15) is 0 Å². The van der Waals surface area contributed by atoms with E-state index in [0.717, 1.165) is 19.4 Å². The van der Waals surface area contributed by atoms with E-state index < -0.39 is 0 Å². The van der Waals surface area contributed by atoms with Crippen LogP contribution in [-0.2, 0) is 11.2 Å². The predicted molar refractivity (Wildman–Crippen MR) is 84.9 cm³/mol.